The highest BCUT2D eigenvalue weighted by molar-refractivity contribution is 6.39. The standard InChI is InChI=1S/C34H20ClN3O/c35-30-26(21-12-4-1-5-13-21)20-27-24-18-10-11-19-25(24)31(39)28(27)29(30)34-37-32(22-14-6-2-7-15-22)36-33(38-34)23-16-8-3-9-17-23/h1-20H. The average Bonchev–Trinajstić information content (AvgIpc) is 3.29. The zero-order valence-electron chi connectivity index (χ0n) is 20.7. The predicted molar refractivity (Wildman–Crippen MR) is 155 cm³/mol. The normalized spacial score (nSPS) is 11.8. The van der Waals surface area contributed by atoms with E-state index in [0.29, 0.717) is 39.2 Å². The van der Waals surface area contributed by atoms with Crippen LogP contribution in [-0.4, -0.2) is 20.7 Å². The molecule has 0 amide bonds. The summed E-state index contributed by atoms with van der Waals surface area (Å²) in [6, 6.07) is 39.1. The number of carbonyl (C=O) groups is 1. The van der Waals surface area contributed by atoms with E-state index in [1.54, 1.807) is 0 Å². The maximum absolute atomic E-state index is 13.9. The molecule has 39 heavy (non-hydrogen) atoms. The second-order valence-corrected chi connectivity index (χ2v) is 9.69. The lowest BCUT2D eigenvalue weighted by Crippen LogP contribution is -2.05. The van der Waals surface area contributed by atoms with Gasteiger partial charge < -0.3 is 0 Å². The van der Waals surface area contributed by atoms with E-state index >= 15 is 0 Å². The molecule has 0 atom stereocenters. The minimum Gasteiger partial charge on any atom is -0.289 e. The fourth-order valence-corrected chi connectivity index (χ4v) is 5.46. The summed E-state index contributed by atoms with van der Waals surface area (Å²) in [4.78, 5) is 28.5. The number of fused-ring (bicyclic) bond motifs is 3. The van der Waals surface area contributed by atoms with Gasteiger partial charge >= 0.3 is 0 Å². The summed E-state index contributed by atoms with van der Waals surface area (Å²) in [7, 11) is 0. The van der Waals surface area contributed by atoms with Gasteiger partial charge in [-0.05, 0) is 22.8 Å². The van der Waals surface area contributed by atoms with Gasteiger partial charge in [0.25, 0.3) is 0 Å². The van der Waals surface area contributed by atoms with Crippen LogP contribution in [0.4, 0.5) is 0 Å². The maximum atomic E-state index is 13.9. The Bertz CT molecular complexity index is 1810. The molecule has 0 aliphatic heterocycles. The molecule has 0 bridgehead atoms. The Hall–Kier alpha value is -4.93. The van der Waals surface area contributed by atoms with Crippen molar-refractivity contribution < 1.29 is 4.79 Å². The molecule has 0 N–H and O–H groups in total. The minimum atomic E-state index is -0.0833. The van der Waals surface area contributed by atoms with Crippen LogP contribution in [0.25, 0.3) is 56.4 Å². The van der Waals surface area contributed by atoms with E-state index in [1.165, 1.54) is 0 Å². The molecular weight excluding hydrogens is 502 g/mol. The lowest BCUT2D eigenvalue weighted by Gasteiger charge is -2.16. The van der Waals surface area contributed by atoms with Gasteiger partial charge in [-0.2, -0.15) is 0 Å². The highest BCUT2D eigenvalue weighted by Gasteiger charge is 2.34. The molecule has 4 nitrogen and oxygen atoms in total. The van der Waals surface area contributed by atoms with E-state index in [4.69, 9.17) is 26.6 Å². The third-order valence-corrected chi connectivity index (χ3v) is 7.35. The van der Waals surface area contributed by atoms with Gasteiger partial charge in [0, 0.05) is 27.8 Å². The largest absolute Gasteiger partial charge is 0.289 e. The van der Waals surface area contributed by atoms with Crippen molar-refractivity contribution in [1.82, 2.24) is 15.0 Å². The SMILES string of the molecule is O=C1c2ccccc2-c2cc(-c3ccccc3)c(Cl)c(-c3nc(-c4ccccc4)nc(-c4ccccc4)n3)c21. The van der Waals surface area contributed by atoms with Crippen molar-refractivity contribution in [3.63, 3.8) is 0 Å². The highest BCUT2D eigenvalue weighted by atomic mass is 35.5. The lowest BCUT2D eigenvalue weighted by molar-refractivity contribution is 0.104. The summed E-state index contributed by atoms with van der Waals surface area (Å²) in [5.41, 5.74) is 6.86. The molecule has 7 rings (SSSR count). The Balaban J connectivity index is 1.57. The Morgan fingerprint density at radius 3 is 1.46 bits per heavy atom. The first-order valence-corrected chi connectivity index (χ1v) is 13.0. The van der Waals surface area contributed by atoms with Gasteiger partial charge in [-0.3, -0.25) is 4.79 Å². The number of halogens is 1. The van der Waals surface area contributed by atoms with Crippen LogP contribution >= 0.6 is 11.6 Å². The van der Waals surface area contributed by atoms with E-state index < -0.39 is 0 Å². The van der Waals surface area contributed by atoms with E-state index in [9.17, 15) is 4.79 Å². The maximum Gasteiger partial charge on any atom is 0.195 e. The van der Waals surface area contributed by atoms with Gasteiger partial charge in [0.05, 0.1) is 10.6 Å². The molecule has 0 fully saturated rings. The van der Waals surface area contributed by atoms with Gasteiger partial charge in [-0.25, -0.2) is 15.0 Å². The molecular formula is C34H20ClN3O. The number of aromatic nitrogens is 3. The minimum absolute atomic E-state index is 0.0833. The van der Waals surface area contributed by atoms with Crippen molar-refractivity contribution in [2.75, 3.05) is 0 Å². The molecule has 1 aliphatic carbocycles. The van der Waals surface area contributed by atoms with Crippen molar-refractivity contribution in [2.24, 2.45) is 0 Å². The molecule has 0 radical (unpaired) electrons. The predicted octanol–water partition coefficient (Wildman–Crippen LogP) is 8.40. The Morgan fingerprint density at radius 1 is 0.436 bits per heavy atom. The first-order chi connectivity index (χ1) is 19.2. The number of rotatable bonds is 4. The highest BCUT2D eigenvalue weighted by Crippen LogP contribution is 2.48. The van der Waals surface area contributed by atoms with E-state index in [2.05, 4.69) is 0 Å². The number of benzene rings is 5. The Kier molecular flexibility index (Phi) is 5.61. The van der Waals surface area contributed by atoms with E-state index in [1.807, 2.05) is 121 Å². The summed E-state index contributed by atoms with van der Waals surface area (Å²) in [6.45, 7) is 0. The molecule has 0 unspecified atom stereocenters. The van der Waals surface area contributed by atoms with Crippen LogP contribution in [0.5, 0.6) is 0 Å². The smallest absolute Gasteiger partial charge is 0.195 e. The molecule has 6 aromatic rings. The second-order valence-electron chi connectivity index (χ2n) is 9.31. The van der Waals surface area contributed by atoms with Crippen molar-refractivity contribution in [2.45, 2.75) is 0 Å². The number of hydrogen-bond donors (Lipinski definition) is 0. The molecule has 1 aromatic heterocycles. The van der Waals surface area contributed by atoms with Gasteiger partial charge in [-0.1, -0.05) is 127 Å². The summed E-state index contributed by atoms with van der Waals surface area (Å²) in [5.74, 6) is 1.30. The van der Waals surface area contributed by atoms with E-state index in [-0.39, 0.29) is 5.78 Å². The molecule has 5 heteroatoms. The average molecular weight is 522 g/mol. The number of hydrogen-bond acceptors (Lipinski definition) is 4. The molecule has 184 valence electrons. The summed E-state index contributed by atoms with van der Waals surface area (Å²) >= 11 is 7.21. The Morgan fingerprint density at radius 2 is 0.897 bits per heavy atom. The van der Waals surface area contributed by atoms with Crippen LogP contribution in [0.1, 0.15) is 15.9 Å². The topological polar surface area (TPSA) is 55.7 Å². The van der Waals surface area contributed by atoms with Crippen molar-refractivity contribution in [1.29, 1.82) is 0 Å². The molecule has 0 saturated heterocycles. The van der Waals surface area contributed by atoms with Crippen LogP contribution < -0.4 is 0 Å². The summed E-state index contributed by atoms with van der Waals surface area (Å²) in [5, 5.41) is 0.435. The fourth-order valence-electron chi connectivity index (χ4n) is 5.12. The monoisotopic (exact) mass is 521 g/mol. The molecule has 0 saturated carbocycles. The third-order valence-electron chi connectivity index (χ3n) is 6.96. The number of carbonyl (C=O) groups excluding carboxylic acids is 1. The van der Waals surface area contributed by atoms with Crippen molar-refractivity contribution in [3.8, 4) is 56.4 Å². The zero-order chi connectivity index (χ0) is 26.3. The molecule has 1 heterocycles. The molecule has 5 aromatic carbocycles. The zero-order valence-corrected chi connectivity index (χ0v) is 21.4. The second kappa shape index (κ2) is 9.43. The van der Waals surface area contributed by atoms with Gasteiger partial charge in [0.1, 0.15) is 0 Å². The summed E-state index contributed by atoms with van der Waals surface area (Å²) < 4.78 is 0. The molecule has 0 spiro atoms. The van der Waals surface area contributed by atoms with Crippen molar-refractivity contribution in [3.05, 3.63) is 137 Å². The number of ketones is 1. The van der Waals surface area contributed by atoms with Gasteiger partial charge in [-0.15, -0.1) is 0 Å². The van der Waals surface area contributed by atoms with Crippen LogP contribution in [0.15, 0.2) is 121 Å². The first-order valence-electron chi connectivity index (χ1n) is 12.6. The van der Waals surface area contributed by atoms with Crippen LogP contribution in [0, 0.1) is 0 Å². The van der Waals surface area contributed by atoms with Crippen LogP contribution in [0.2, 0.25) is 5.02 Å². The van der Waals surface area contributed by atoms with Crippen LogP contribution in [-0.2, 0) is 0 Å². The first kappa shape index (κ1) is 23.2. The third kappa shape index (κ3) is 3.94. The summed E-state index contributed by atoms with van der Waals surface area (Å²) in [6.07, 6.45) is 0. The fraction of sp³-hybridized carbons (Fsp3) is 0. The molecule has 1 aliphatic rings. The van der Waals surface area contributed by atoms with Gasteiger partial charge in [0.15, 0.2) is 23.3 Å². The number of nitrogens with zero attached hydrogens (tertiary/aromatic N) is 3. The van der Waals surface area contributed by atoms with Crippen molar-refractivity contribution >= 4 is 17.4 Å². The van der Waals surface area contributed by atoms with E-state index in [0.717, 1.165) is 33.4 Å². The van der Waals surface area contributed by atoms with Gasteiger partial charge in [0.2, 0.25) is 0 Å². The quantitative estimate of drug-likeness (QED) is 0.233. The Labute approximate surface area is 230 Å². The van der Waals surface area contributed by atoms with Crippen LogP contribution in [0.3, 0.4) is 0 Å². The lowest BCUT2D eigenvalue weighted by atomic mass is 9.93.